The van der Waals surface area contributed by atoms with E-state index in [1.54, 1.807) is 0 Å². The second kappa shape index (κ2) is 5.62. The Morgan fingerprint density at radius 3 is 0.636 bits per heavy atom. The summed E-state index contributed by atoms with van der Waals surface area (Å²) in [5.74, 6) is 0. The Balaban J connectivity index is 3.77. The van der Waals surface area contributed by atoms with Crippen LogP contribution < -0.4 is 0 Å². The molecule has 0 aromatic rings. The second-order valence-corrected chi connectivity index (χ2v) is 98.2. The monoisotopic (exact) mass is 434 g/mol. The van der Waals surface area contributed by atoms with Gasteiger partial charge in [0.15, 0.2) is 0 Å². The zero-order valence-corrected chi connectivity index (χ0v) is 26.0. The first-order valence-electron chi connectivity index (χ1n) is 9.00. The summed E-state index contributed by atoms with van der Waals surface area (Å²) in [6, 6.07) is 0. The summed E-state index contributed by atoms with van der Waals surface area (Å²) >= 11 is 0. The largest absolute Gasteiger partial charge is 0.261 e. The molecular weight excluding hydrogens is 393 g/mol. The Hall–Kier alpha value is 1.74. The van der Waals surface area contributed by atoms with Gasteiger partial charge in [0.05, 0.1) is 0 Å². The van der Waals surface area contributed by atoms with Crippen LogP contribution in [-0.2, 0) is 0 Å². The zero-order valence-electron chi connectivity index (χ0n) is 18.0. The van der Waals surface area contributed by atoms with E-state index in [1.807, 2.05) is 0 Å². The Morgan fingerprint density at radius 1 is 0.409 bits per heavy atom. The lowest BCUT2D eigenvalue weighted by Crippen LogP contribution is -2.99. The van der Waals surface area contributed by atoms with Crippen LogP contribution in [0.1, 0.15) is 0 Å². The molecule has 0 aliphatic carbocycles. The molecule has 0 N–H and O–H groups in total. The van der Waals surface area contributed by atoms with Gasteiger partial charge >= 0.3 is 0 Å². The van der Waals surface area contributed by atoms with E-state index in [-0.39, 0.29) is 14.7 Å². The van der Waals surface area contributed by atoms with Crippen molar-refractivity contribution in [2.45, 2.75) is 91.7 Å². The van der Waals surface area contributed by atoms with Gasteiger partial charge in [0.25, 0.3) is 0 Å². The predicted octanol–water partition coefficient (Wildman–Crippen LogP) is 5.13. The van der Waals surface area contributed by atoms with E-state index in [2.05, 4.69) is 91.7 Å². The van der Waals surface area contributed by atoms with Gasteiger partial charge in [-0.1, -0.05) is 39.3 Å². The first-order valence-corrected chi connectivity index (χ1v) is 39.0. The Labute approximate surface area is 149 Å². The van der Waals surface area contributed by atoms with E-state index in [0.717, 1.165) is 0 Å². The Bertz CT molecular complexity index is 369. The van der Waals surface area contributed by atoms with E-state index in [4.69, 9.17) is 0 Å². The third-order valence-corrected chi connectivity index (χ3v) is 190. The fourth-order valence-electron chi connectivity index (χ4n) is 6.56. The van der Waals surface area contributed by atoms with Crippen LogP contribution in [0, 0.1) is 0 Å². The van der Waals surface area contributed by atoms with Crippen LogP contribution in [0.5, 0.6) is 0 Å². The summed E-state index contributed by atoms with van der Waals surface area (Å²) in [5, 5.41) is 0. The smallest absolute Gasteiger partial charge is 0.0979 e. The van der Waals surface area contributed by atoms with Crippen LogP contribution in [0.2, 0.25) is 91.7 Å². The first-order chi connectivity index (χ1) is 9.23. The Kier molecular flexibility index (Phi) is 5.56. The summed E-state index contributed by atoms with van der Waals surface area (Å²) in [4.78, 5) is 0. The van der Waals surface area contributed by atoms with Crippen molar-refractivity contribution in [1.82, 2.24) is 0 Å². The van der Waals surface area contributed by atoms with E-state index in [9.17, 15) is 0 Å². The summed E-state index contributed by atoms with van der Waals surface area (Å²) in [5.41, 5.74) is 0. The lowest BCUT2D eigenvalue weighted by molar-refractivity contribution is 1.78. The van der Waals surface area contributed by atoms with E-state index >= 15 is 0 Å². The molecule has 132 valence electrons. The molecule has 0 radical (unpaired) electrons. The SMILES string of the molecule is C[Si](C)(C)[Si-]1[Si](C)(C)[Si](C)(C)[Si-]([Si](C)(C)C)[Si](C)(C)[Si]1(C)C. The van der Waals surface area contributed by atoms with Crippen LogP contribution >= 0.6 is 0 Å². The normalized spacial score (nSPS) is 28.6. The van der Waals surface area contributed by atoms with Crippen molar-refractivity contribution in [2.24, 2.45) is 0 Å². The molecule has 1 aliphatic heterocycles. The Morgan fingerprint density at radius 2 is 0.545 bits per heavy atom. The van der Waals surface area contributed by atoms with Gasteiger partial charge in [-0.05, 0) is 0 Å². The van der Waals surface area contributed by atoms with Crippen LogP contribution in [0.3, 0.4) is 0 Å². The van der Waals surface area contributed by atoms with Crippen LogP contribution in [0.15, 0.2) is 0 Å². The van der Waals surface area contributed by atoms with E-state index in [0.29, 0.717) is 0 Å². The maximum absolute atomic E-state index is 2.93. The highest BCUT2D eigenvalue weighted by Crippen LogP contribution is 2.46. The second-order valence-electron chi connectivity index (χ2n) is 11.8. The van der Waals surface area contributed by atoms with E-state index < -0.39 is 43.6 Å². The summed E-state index contributed by atoms with van der Waals surface area (Å²) in [7, 11) is -6.01. The van der Waals surface area contributed by atoms with Crippen molar-refractivity contribution in [3.63, 3.8) is 0 Å². The van der Waals surface area contributed by atoms with Crippen molar-refractivity contribution in [1.29, 1.82) is 0 Å². The van der Waals surface area contributed by atoms with Crippen molar-refractivity contribution in [3.05, 3.63) is 0 Å². The van der Waals surface area contributed by atoms with Crippen molar-refractivity contribution >= 4 is 58.3 Å². The minimum Gasteiger partial charge on any atom is -0.261 e. The van der Waals surface area contributed by atoms with Crippen LogP contribution in [0.4, 0.5) is 0 Å². The molecule has 0 nitrogen and oxygen atoms in total. The summed E-state index contributed by atoms with van der Waals surface area (Å²) in [6.45, 7) is 40.0. The topological polar surface area (TPSA) is 0 Å². The molecule has 1 aliphatic rings. The average Bonchev–Trinajstić information content (AvgIpc) is 2.06. The molecule has 0 atom stereocenters. The maximum Gasteiger partial charge on any atom is -0.0979 e. The van der Waals surface area contributed by atoms with Crippen molar-refractivity contribution < 1.29 is 0 Å². The summed E-state index contributed by atoms with van der Waals surface area (Å²) < 4.78 is 0. The maximum atomic E-state index is 2.93. The standard InChI is InChI=1S/C14H42Si8/c1-17(2,3)15-19(7,8)21(11,12)16(18(4,5)6)22(13,14)20(15,9)10/h1-14H3/q-2. The van der Waals surface area contributed by atoms with Gasteiger partial charge in [-0.2, -0.15) is 0 Å². The molecule has 1 rings (SSSR count). The van der Waals surface area contributed by atoms with Crippen molar-refractivity contribution in [2.75, 3.05) is 0 Å². The van der Waals surface area contributed by atoms with Gasteiger partial charge in [-0.25, -0.2) is 0 Å². The van der Waals surface area contributed by atoms with Gasteiger partial charge in [0.2, 0.25) is 0 Å². The lowest BCUT2D eigenvalue weighted by Gasteiger charge is -2.86. The molecule has 22 heavy (non-hydrogen) atoms. The quantitative estimate of drug-likeness (QED) is 0.528. The highest BCUT2D eigenvalue weighted by molar-refractivity contribution is 8.19. The molecule has 0 aromatic carbocycles. The molecule has 0 saturated carbocycles. The van der Waals surface area contributed by atoms with Gasteiger partial charge in [0, 0.05) is 0 Å². The predicted molar refractivity (Wildman–Crippen MR) is 128 cm³/mol. The molecule has 1 heterocycles. The van der Waals surface area contributed by atoms with Gasteiger partial charge in [0.1, 0.15) is 0 Å². The molecule has 1 saturated heterocycles. The zero-order chi connectivity index (χ0) is 18.2. The van der Waals surface area contributed by atoms with Crippen LogP contribution in [0.25, 0.3) is 0 Å². The average molecular weight is 435 g/mol. The van der Waals surface area contributed by atoms with Crippen molar-refractivity contribution in [3.8, 4) is 0 Å². The minimum atomic E-state index is -1.00. The van der Waals surface area contributed by atoms with Gasteiger partial charge < -0.3 is 0 Å². The highest BCUT2D eigenvalue weighted by atomic mass is 30.3. The van der Waals surface area contributed by atoms with Gasteiger partial charge in [-0.15, -0.1) is 96.0 Å². The van der Waals surface area contributed by atoms with Crippen LogP contribution in [-0.4, -0.2) is 58.3 Å². The number of hydrogen-bond donors (Lipinski definition) is 0. The molecular formula is C14H42Si8-2. The molecule has 0 spiro atoms. The number of hydrogen-bond acceptors (Lipinski definition) is 0. The van der Waals surface area contributed by atoms with Gasteiger partial charge in [-0.3, -0.25) is 14.7 Å². The molecule has 0 amide bonds. The first kappa shape index (κ1) is 21.8. The third kappa shape index (κ3) is 3.01. The minimum absolute atomic E-state index is 0.0332. The highest BCUT2D eigenvalue weighted by Gasteiger charge is 2.56. The van der Waals surface area contributed by atoms with E-state index in [1.165, 1.54) is 0 Å². The lowest BCUT2D eigenvalue weighted by atomic mass is 11.8. The number of rotatable bonds is 2. The molecule has 8 heteroatoms. The third-order valence-electron chi connectivity index (χ3n) is 7.12. The molecule has 0 aromatic heterocycles. The molecule has 1 fully saturated rings. The fraction of sp³-hybridized carbons (Fsp3) is 1.00. The fourth-order valence-corrected chi connectivity index (χ4v) is 366. The molecule has 0 unspecified atom stereocenters. The summed E-state index contributed by atoms with van der Waals surface area (Å²) in [6.07, 6.45) is 0. The molecule has 0 bridgehead atoms.